The van der Waals surface area contributed by atoms with Crippen molar-refractivity contribution in [1.82, 2.24) is 4.90 Å². The average Bonchev–Trinajstić information content (AvgIpc) is 2.83. The Hall–Kier alpha value is -2.86. The third-order valence-corrected chi connectivity index (χ3v) is 6.52. The summed E-state index contributed by atoms with van der Waals surface area (Å²) >= 11 is 0. The molecule has 33 heavy (non-hydrogen) atoms. The Bertz CT molecular complexity index is 978. The van der Waals surface area contributed by atoms with E-state index in [1.54, 1.807) is 6.07 Å². The number of nitrogens with one attached hydrogen (secondary N) is 1. The minimum atomic E-state index is -0.274. The summed E-state index contributed by atoms with van der Waals surface area (Å²) < 4.78 is 11.1. The van der Waals surface area contributed by atoms with Gasteiger partial charge in [0.15, 0.2) is 17.3 Å². The molecule has 0 saturated carbocycles. The van der Waals surface area contributed by atoms with Crippen LogP contribution in [0.3, 0.4) is 0 Å². The molecule has 4 rings (SSSR count). The molecule has 2 aromatic carbocycles. The van der Waals surface area contributed by atoms with Crippen molar-refractivity contribution >= 4 is 17.4 Å². The maximum absolute atomic E-state index is 13.0. The molecular weight excluding hydrogens is 416 g/mol. The zero-order valence-electron chi connectivity index (χ0n) is 19.8. The third kappa shape index (κ3) is 5.74. The van der Waals surface area contributed by atoms with Crippen LogP contribution in [0.4, 0.5) is 5.69 Å². The van der Waals surface area contributed by atoms with Crippen LogP contribution >= 0.6 is 0 Å². The molecule has 176 valence electrons. The molecule has 0 aromatic heterocycles. The van der Waals surface area contributed by atoms with Gasteiger partial charge in [-0.3, -0.25) is 14.5 Å². The molecule has 2 aliphatic heterocycles. The van der Waals surface area contributed by atoms with Gasteiger partial charge in [-0.2, -0.15) is 0 Å². The smallest absolute Gasteiger partial charge is 0.241 e. The zero-order chi connectivity index (χ0) is 23.4. The van der Waals surface area contributed by atoms with Gasteiger partial charge in [0.25, 0.3) is 0 Å². The molecule has 0 aliphatic carbocycles. The Morgan fingerprint density at radius 2 is 1.64 bits per heavy atom. The minimum absolute atomic E-state index is 0.0188. The van der Waals surface area contributed by atoms with Gasteiger partial charge < -0.3 is 14.8 Å². The lowest BCUT2D eigenvalue weighted by molar-refractivity contribution is -0.121. The van der Waals surface area contributed by atoms with Gasteiger partial charge in [-0.15, -0.1) is 0 Å². The van der Waals surface area contributed by atoms with Crippen LogP contribution in [0.25, 0.3) is 0 Å². The van der Waals surface area contributed by atoms with E-state index >= 15 is 0 Å². The number of anilines is 1. The van der Waals surface area contributed by atoms with E-state index in [0.717, 1.165) is 37.9 Å². The quantitative estimate of drug-likeness (QED) is 0.626. The first kappa shape index (κ1) is 23.3. The summed E-state index contributed by atoms with van der Waals surface area (Å²) in [6.45, 7) is 8.83. The van der Waals surface area contributed by atoms with Gasteiger partial charge in [0, 0.05) is 23.2 Å². The van der Waals surface area contributed by atoms with E-state index in [4.69, 9.17) is 9.47 Å². The molecule has 1 atom stereocenters. The fourth-order valence-electron chi connectivity index (χ4n) is 4.59. The lowest BCUT2D eigenvalue weighted by Crippen LogP contribution is -2.47. The summed E-state index contributed by atoms with van der Waals surface area (Å²) in [5, 5.41) is 2.98. The molecule has 2 heterocycles. The number of likely N-dealkylation sites (tertiary alicyclic amines) is 1. The first-order valence-corrected chi connectivity index (χ1v) is 12.0. The first-order valence-electron chi connectivity index (χ1n) is 12.0. The maximum Gasteiger partial charge on any atom is 0.241 e. The Kier molecular flexibility index (Phi) is 7.33. The second-order valence-electron chi connectivity index (χ2n) is 9.49. The maximum atomic E-state index is 13.0. The Morgan fingerprint density at radius 1 is 0.970 bits per heavy atom. The molecule has 6 heteroatoms. The number of amides is 1. The first-order chi connectivity index (χ1) is 15.9. The number of carbonyl (C=O) groups is 2. The number of carbonyl (C=O) groups excluding carboxylic acids is 2. The number of ketones is 1. The van der Waals surface area contributed by atoms with Crippen molar-refractivity contribution in [2.75, 3.05) is 31.6 Å². The molecule has 1 fully saturated rings. The van der Waals surface area contributed by atoms with E-state index in [9.17, 15) is 9.59 Å². The molecule has 1 unspecified atom stereocenters. The lowest BCUT2D eigenvalue weighted by Gasteiger charge is -2.34. The van der Waals surface area contributed by atoms with Gasteiger partial charge >= 0.3 is 0 Å². The SMILES string of the molecule is CC(C)Cc1ccc(C(=O)C2CCN(C(C)C(=O)Nc3ccc4c(c3)OCCO4)CC2)cc1. The molecule has 0 bridgehead atoms. The number of Topliss-reactive ketones (excluding diaryl/α,β-unsaturated/α-hetero) is 1. The number of fused-ring (bicyclic) bond motifs is 1. The topological polar surface area (TPSA) is 67.9 Å². The molecule has 2 aromatic rings. The second kappa shape index (κ2) is 10.4. The lowest BCUT2D eigenvalue weighted by atomic mass is 9.88. The molecular formula is C27H34N2O4. The zero-order valence-corrected chi connectivity index (χ0v) is 19.8. The summed E-state index contributed by atoms with van der Waals surface area (Å²) in [7, 11) is 0. The second-order valence-corrected chi connectivity index (χ2v) is 9.49. The highest BCUT2D eigenvalue weighted by molar-refractivity contribution is 5.98. The summed E-state index contributed by atoms with van der Waals surface area (Å²) in [6.07, 6.45) is 2.57. The highest BCUT2D eigenvalue weighted by Gasteiger charge is 2.30. The van der Waals surface area contributed by atoms with Crippen molar-refractivity contribution in [3.63, 3.8) is 0 Å². The van der Waals surface area contributed by atoms with Crippen LogP contribution in [-0.4, -0.2) is 48.9 Å². The predicted molar refractivity (Wildman–Crippen MR) is 129 cm³/mol. The number of benzene rings is 2. The van der Waals surface area contributed by atoms with Crippen molar-refractivity contribution < 1.29 is 19.1 Å². The average molecular weight is 451 g/mol. The van der Waals surface area contributed by atoms with E-state index in [-0.39, 0.29) is 23.7 Å². The van der Waals surface area contributed by atoms with Gasteiger partial charge in [0.1, 0.15) is 13.2 Å². The largest absolute Gasteiger partial charge is 0.486 e. The van der Waals surface area contributed by atoms with Crippen LogP contribution in [0.2, 0.25) is 0 Å². The molecule has 1 N–H and O–H groups in total. The molecule has 1 saturated heterocycles. The summed E-state index contributed by atoms with van der Waals surface area (Å²) in [5.74, 6) is 2.14. The summed E-state index contributed by atoms with van der Waals surface area (Å²) in [4.78, 5) is 28.0. The van der Waals surface area contributed by atoms with Crippen LogP contribution in [0, 0.1) is 11.8 Å². The summed E-state index contributed by atoms with van der Waals surface area (Å²) in [5.41, 5.74) is 2.77. The van der Waals surface area contributed by atoms with E-state index in [2.05, 4.69) is 36.2 Å². The van der Waals surface area contributed by atoms with E-state index in [0.29, 0.717) is 36.3 Å². The normalized spacial score (nSPS) is 17.6. The van der Waals surface area contributed by atoms with Crippen LogP contribution in [-0.2, 0) is 11.2 Å². The minimum Gasteiger partial charge on any atom is -0.486 e. The van der Waals surface area contributed by atoms with Gasteiger partial charge in [-0.25, -0.2) is 0 Å². The molecule has 0 radical (unpaired) electrons. The van der Waals surface area contributed by atoms with Gasteiger partial charge in [0.05, 0.1) is 6.04 Å². The van der Waals surface area contributed by atoms with Crippen LogP contribution in [0.15, 0.2) is 42.5 Å². The molecule has 2 aliphatic rings. The van der Waals surface area contributed by atoms with Crippen molar-refractivity contribution in [2.24, 2.45) is 11.8 Å². The fourth-order valence-corrected chi connectivity index (χ4v) is 4.59. The Labute approximate surface area is 196 Å². The number of nitrogens with zero attached hydrogens (tertiary/aromatic N) is 1. The van der Waals surface area contributed by atoms with Gasteiger partial charge in [0.2, 0.25) is 5.91 Å². The standard InChI is InChI=1S/C27H34N2O4/c1-18(2)16-20-4-6-21(7-5-20)26(30)22-10-12-29(13-11-22)19(3)27(31)28-23-8-9-24-25(17-23)33-15-14-32-24/h4-9,17-19,22H,10-16H2,1-3H3,(H,28,31). The van der Waals surface area contributed by atoms with Crippen LogP contribution in [0.1, 0.15) is 49.5 Å². The number of hydrogen-bond donors (Lipinski definition) is 1. The number of rotatable bonds is 7. The van der Waals surface area contributed by atoms with Crippen molar-refractivity contribution in [3.8, 4) is 11.5 Å². The van der Waals surface area contributed by atoms with E-state index < -0.39 is 0 Å². The van der Waals surface area contributed by atoms with Gasteiger partial charge in [-0.1, -0.05) is 38.1 Å². The molecule has 6 nitrogen and oxygen atoms in total. The molecule has 1 amide bonds. The number of ether oxygens (including phenoxy) is 2. The number of piperidine rings is 1. The van der Waals surface area contributed by atoms with Crippen LogP contribution in [0.5, 0.6) is 11.5 Å². The predicted octanol–water partition coefficient (Wildman–Crippen LogP) is 4.58. The monoisotopic (exact) mass is 450 g/mol. The van der Waals surface area contributed by atoms with Crippen molar-refractivity contribution in [3.05, 3.63) is 53.6 Å². The highest BCUT2D eigenvalue weighted by atomic mass is 16.6. The fraction of sp³-hybridized carbons (Fsp3) is 0.481. The number of hydrogen-bond acceptors (Lipinski definition) is 5. The molecule has 0 spiro atoms. The Morgan fingerprint density at radius 3 is 2.30 bits per heavy atom. The van der Waals surface area contributed by atoms with E-state index in [1.807, 2.05) is 31.2 Å². The van der Waals surface area contributed by atoms with E-state index in [1.165, 1.54) is 5.56 Å². The third-order valence-electron chi connectivity index (χ3n) is 6.52. The van der Waals surface area contributed by atoms with Gasteiger partial charge in [-0.05, 0) is 62.9 Å². The van der Waals surface area contributed by atoms with Crippen molar-refractivity contribution in [1.29, 1.82) is 0 Å². The summed E-state index contributed by atoms with van der Waals surface area (Å²) in [6, 6.07) is 13.3. The highest BCUT2D eigenvalue weighted by Crippen LogP contribution is 2.33. The van der Waals surface area contributed by atoms with Crippen LogP contribution < -0.4 is 14.8 Å². The Balaban J connectivity index is 1.29. The van der Waals surface area contributed by atoms with Crippen molar-refractivity contribution in [2.45, 2.75) is 46.1 Å².